The van der Waals surface area contributed by atoms with Crippen molar-refractivity contribution in [3.63, 3.8) is 0 Å². The van der Waals surface area contributed by atoms with Gasteiger partial charge in [-0.3, -0.25) is 15.1 Å². The van der Waals surface area contributed by atoms with E-state index in [9.17, 15) is 4.39 Å². The van der Waals surface area contributed by atoms with E-state index in [0.29, 0.717) is 6.04 Å². The highest BCUT2D eigenvalue weighted by Gasteiger charge is 2.29. The number of hydrazine groups is 1. The molecule has 0 saturated heterocycles. The summed E-state index contributed by atoms with van der Waals surface area (Å²) in [6, 6.07) is 9.20. The molecule has 5 nitrogen and oxygen atoms in total. The van der Waals surface area contributed by atoms with E-state index in [-0.39, 0.29) is 5.82 Å². The second-order valence-electron chi connectivity index (χ2n) is 7.12. The predicted octanol–water partition coefficient (Wildman–Crippen LogP) is 3.27. The quantitative estimate of drug-likeness (QED) is 0.785. The molecule has 0 amide bonds. The van der Waals surface area contributed by atoms with Crippen LogP contribution in [0.25, 0.3) is 22.4 Å². The Hall–Kier alpha value is -2.57. The number of benzene rings is 1. The van der Waals surface area contributed by atoms with E-state index < -0.39 is 0 Å². The first-order valence-electron chi connectivity index (χ1n) is 8.95. The van der Waals surface area contributed by atoms with E-state index in [0.717, 1.165) is 41.2 Å². The fraction of sp³-hybridized carbons (Fsp3) is 0.300. The highest BCUT2D eigenvalue weighted by Crippen LogP contribution is 2.36. The molecule has 3 aromatic rings. The number of pyridine rings is 1. The topological polar surface area (TPSA) is 46.0 Å². The van der Waals surface area contributed by atoms with Gasteiger partial charge in [-0.05, 0) is 54.3 Å². The maximum absolute atomic E-state index is 13.3. The van der Waals surface area contributed by atoms with Crippen molar-refractivity contribution in [3.05, 3.63) is 59.8 Å². The largest absolute Gasteiger partial charge is 0.275 e. The van der Waals surface area contributed by atoms with Crippen molar-refractivity contribution in [1.29, 1.82) is 0 Å². The number of fused-ring (bicyclic) bond motifs is 1. The molecular weight excluding hydrogens is 329 g/mol. The summed E-state index contributed by atoms with van der Waals surface area (Å²) in [7, 11) is 1.92. The summed E-state index contributed by atoms with van der Waals surface area (Å²) in [5, 5.41) is 6.89. The first-order chi connectivity index (χ1) is 12.7. The van der Waals surface area contributed by atoms with Crippen molar-refractivity contribution in [2.75, 3.05) is 0 Å². The maximum Gasteiger partial charge on any atom is 0.123 e. The first kappa shape index (κ1) is 15.7. The van der Waals surface area contributed by atoms with Crippen molar-refractivity contribution >= 4 is 0 Å². The Labute approximate surface area is 151 Å². The van der Waals surface area contributed by atoms with Gasteiger partial charge in [0.2, 0.25) is 0 Å². The molecule has 0 atom stereocenters. The van der Waals surface area contributed by atoms with Gasteiger partial charge in [0.1, 0.15) is 11.5 Å². The van der Waals surface area contributed by atoms with E-state index in [1.807, 2.05) is 24.1 Å². The lowest BCUT2D eigenvalue weighted by atomic mass is 9.98. The maximum atomic E-state index is 13.3. The molecule has 2 aliphatic rings. The van der Waals surface area contributed by atoms with Gasteiger partial charge in [-0.15, -0.1) is 0 Å². The minimum atomic E-state index is -0.238. The molecule has 1 aliphatic carbocycles. The summed E-state index contributed by atoms with van der Waals surface area (Å²) in [4.78, 5) is 4.59. The van der Waals surface area contributed by atoms with Crippen LogP contribution in [0.2, 0.25) is 0 Å². The molecule has 1 N–H and O–H groups in total. The second kappa shape index (κ2) is 6.00. The van der Waals surface area contributed by atoms with Crippen LogP contribution in [0.15, 0.2) is 42.7 Å². The Morgan fingerprint density at radius 3 is 2.65 bits per heavy atom. The number of aromatic nitrogens is 3. The zero-order valence-corrected chi connectivity index (χ0v) is 14.6. The van der Waals surface area contributed by atoms with Crippen molar-refractivity contribution in [3.8, 4) is 22.4 Å². The average molecular weight is 349 g/mol. The molecule has 2 aromatic heterocycles. The second-order valence-corrected chi connectivity index (χ2v) is 7.12. The smallest absolute Gasteiger partial charge is 0.123 e. The summed E-state index contributed by atoms with van der Waals surface area (Å²) in [5.41, 5.74) is 9.93. The van der Waals surface area contributed by atoms with Crippen LogP contribution in [0.1, 0.15) is 24.1 Å². The Morgan fingerprint density at radius 1 is 1.08 bits per heavy atom. The molecule has 0 radical (unpaired) electrons. The lowest BCUT2D eigenvalue weighted by Crippen LogP contribution is -2.34. The Morgan fingerprint density at radius 2 is 1.88 bits per heavy atom. The SMILES string of the molecule is Cn1cc(-c2ccnc3c2CN(NC2CC2)C3)c(-c2ccc(F)cc2)n1. The standard InChI is InChI=1S/C20H20FN5/c1-25-10-18(20(24-25)13-2-4-14(21)5-3-13)16-8-9-22-19-12-26(11-17(16)19)23-15-6-7-15/h2-5,8-10,15,23H,6-7,11-12H2,1H3. The van der Waals surface area contributed by atoms with Gasteiger partial charge in [0, 0.05) is 43.2 Å². The molecule has 1 fully saturated rings. The van der Waals surface area contributed by atoms with Crippen LogP contribution in [0.5, 0.6) is 0 Å². The van der Waals surface area contributed by atoms with Gasteiger partial charge in [0.25, 0.3) is 0 Å². The van der Waals surface area contributed by atoms with Gasteiger partial charge in [-0.1, -0.05) is 0 Å². The predicted molar refractivity (Wildman–Crippen MR) is 97.2 cm³/mol. The Bertz CT molecular complexity index is 959. The third-order valence-electron chi connectivity index (χ3n) is 5.01. The van der Waals surface area contributed by atoms with Crippen LogP contribution in [-0.2, 0) is 20.1 Å². The zero-order chi connectivity index (χ0) is 17.7. The van der Waals surface area contributed by atoms with Gasteiger partial charge in [-0.2, -0.15) is 5.10 Å². The Balaban J connectivity index is 1.56. The van der Waals surface area contributed by atoms with Gasteiger partial charge in [-0.25, -0.2) is 9.40 Å². The van der Waals surface area contributed by atoms with Crippen molar-refractivity contribution < 1.29 is 4.39 Å². The normalized spacial score (nSPS) is 16.8. The van der Waals surface area contributed by atoms with E-state index in [4.69, 9.17) is 0 Å². The fourth-order valence-corrected chi connectivity index (χ4v) is 3.60. The summed E-state index contributed by atoms with van der Waals surface area (Å²) >= 11 is 0. The van der Waals surface area contributed by atoms with E-state index >= 15 is 0 Å². The van der Waals surface area contributed by atoms with Gasteiger partial charge in [0.05, 0.1) is 12.2 Å². The van der Waals surface area contributed by atoms with Crippen LogP contribution in [0.4, 0.5) is 4.39 Å². The molecule has 26 heavy (non-hydrogen) atoms. The van der Waals surface area contributed by atoms with Gasteiger partial charge >= 0.3 is 0 Å². The molecule has 0 bridgehead atoms. The fourth-order valence-electron chi connectivity index (χ4n) is 3.60. The number of nitrogens with one attached hydrogen (secondary N) is 1. The molecule has 1 aliphatic heterocycles. The third kappa shape index (κ3) is 2.81. The van der Waals surface area contributed by atoms with Gasteiger partial charge in [0.15, 0.2) is 0 Å². The molecule has 0 spiro atoms. The Kier molecular flexibility index (Phi) is 3.62. The molecular formula is C20H20FN5. The molecule has 1 aromatic carbocycles. The summed E-state index contributed by atoms with van der Waals surface area (Å²) in [5.74, 6) is -0.238. The van der Waals surface area contributed by atoms with Crippen LogP contribution >= 0.6 is 0 Å². The van der Waals surface area contributed by atoms with Crippen molar-refractivity contribution in [1.82, 2.24) is 25.2 Å². The summed E-state index contributed by atoms with van der Waals surface area (Å²) in [6.07, 6.45) is 6.41. The number of hydrogen-bond acceptors (Lipinski definition) is 4. The zero-order valence-electron chi connectivity index (χ0n) is 14.6. The molecule has 1 saturated carbocycles. The number of rotatable bonds is 4. The first-order valence-corrected chi connectivity index (χ1v) is 8.95. The van der Waals surface area contributed by atoms with E-state index in [1.165, 1.54) is 30.5 Å². The van der Waals surface area contributed by atoms with Crippen molar-refractivity contribution in [2.24, 2.45) is 7.05 Å². The molecule has 5 rings (SSSR count). The van der Waals surface area contributed by atoms with Crippen LogP contribution in [0.3, 0.4) is 0 Å². The van der Waals surface area contributed by atoms with Gasteiger partial charge < -0.3 is 0 Å². The van der Waals surface area contributed by atoms with Crippen molar-refractivity contribution in [2.45, 2.75) is 32.0 Å². The highest BCUT2D eigenvalue weighted by atomic mass is 19.1. The lowest BCUT2D eigenvalue weighted by Gasteiger charge is -2.15. The minimum absolute atomic E-state index is 0.238. The summed E-state index contributed by atoms with van der Waals surface area (Å²) in [6.45, 7) is 1.67. The number of nitrogens with zero attached hydrogens (tertiary/aromatic N) is 4. The summed E-state index contributed by atoms with van der Waals surface area (Å²) < 4.78 is 15.1. The van der Waals surface area contributed by atoms with E-state index in [2.05, 4.69) is 26.6 Å². The number of halogens is 1. The van der Waals surface area contributed by atoms with Crippen LogP contribution < -0.4 is 5.43 Å². The lowest BCUT2D eigenvalue weighted by molar-refractivity contribution is 0.184. The molecule has 0 unspecified atom stereocenters. The number of aryl methyl sites for hydroxylation is 1. The third-order valence-corrected chi connectivity index (χ3v) is 5.01. The average Bonchev–Trinajstić information content (AvgIpc) is 3.21. The molecule has 6 heteroatoms. The minimum Gasteiger partial charge on any atom is -0.275 e. The monoisotopic (exact) mass is 349 g/mol. The molecule has 3 heterocycles. The number of hydrogen-bond donors (Lipinski definition) is 1. The highest BCUT2D eigenvalue weighted by molar-refractivity contribution is 5.82. The van der Waals surface area contributed by atoms with Crippen LogP contribution in [0, 0.1) is 5.82 Å². The van der Waals surface area contributed by atoms with Crippen LogP contribution in [-0.4, -0.2) is 25.8 Å². The molecule has 132 valence electrons. The van der Waals surface area contributed by atoms with E-state index in [1.54, 1.807) is 12.1 Å².